The van der Waals surface area contributed by atoms with Gasteiger partial charge in [0.2, 0.25) is 0 Å². The van der Waals surface area contributed by atoms with Gasteiger partial charge in [-0.05, 0) is 31.0 Å². The molecule has 0 radical (unpaired) electrons. The van der Waals surface area contributed by atoms with E-state index in [0.717, 1.165) is 5.56 Å². The second kappa shape index (κ2) is 7.47. The average Bonchev–Trinajstić information content (AvgIpc) is 2.56. The minimum atomic E-state index is -0.497. The molecule has 24 heavy (non-hydrogen) atoms. The molecule has 0 aliphatic rings. The summed E-state index contributed by atoms with van der Waals surface area (Å²) in [7, 11) is 1.56. The summed E-state index contributed by atoms with van der Waals surface area (Å²) in [5.74, 6) is -0.140. The zero-order valence-electron chi connectivity index (χ0n) is 13.6. The van der Waals surface area contributed by atoms with E-state index < -0.39 is 11.3 Å². The van der Waals surface area contributed by atoms with Crippen molar-refractivity contribution in [3.05, 3.63) is 57.5 Å². The molecule has 124 valence electrons. The van der Waals surface area contributed by atoms with Crippen molar-refractivity contribution < 1.29 is 14.6 Å². The number of ketones is 1. The molecule has 1 aromatic carbocycles. The number of benzene rings is 1. The Balaban J connectivity index is 2.13. The molecular formula is C18H18N2O4. The Labute approximate surface area is 139 Å². The summed E-state index contributed by atoms with van der Waals surface area (Å²) < 4.78 is 6.55. The summed E-state index contributed by atoms with van der Waals surface area (Å²) in [4.78, 5) is 24.5. The van der Waals surface area contributed by atoms with Gasteiger partial charge in [0, 0.05) is 25.2 Å². The molecule has 0 saturated carbocycles. The van der Waals surface area contributed by atoms with Crippen molar-refractivity contribution in [3.63, 3.8) is 0 Å². The quantitative estimate of drug-likeness (QED) is 0.821. The Morgan fingerprint density at radius 2 is 2.12 bits per heavy atom. The van der Waals surface area contributed by atoms with Gasteiger partial charge < -0.3 is 14.4 Å². The summed E-state index contributed by atoms with van der Waals surface area (Å²) in [5.41, 5.74) is 0.752. The van der Waals surface area contributed by atoms with Crippen molar-refractivity contribution in [1.82, 2.24) is 4.57 Å². The number of aryl methyl sites for hydroxylation is 2. The summed E-state index contributed by atoms with van der Waals surface area (Å²) in [5, 5.41) is 18.4. The van der Waals surface area contributed by atoms with Crippen LogP contribution >= 0.6 is 0 Å². The average molecular weight is 326 g/mol. The summed E-state index contributed by atoms with van der Waals surface area (Å²) in [6, 6.07) is 10.4. The Morgan fingerprint density at radius 1 is 1.38 bits per heavy atom. The van der Waals surface area contributed by atoms with E-state index in [2.05, 4.69) is 0 Å². The Hall–Kier alpha value is -3.07. The third kappa shape index (κ3) is 3.82. The Kier molecular flexibility index (Phi) is 5.38. The first-order chi connectivity index (χ1) is 11.4. The van der Waals surface area contributed by atoms with E-state index in [1.807, 2.05) is 12.1 Å². The summed E-state index contributed by atoms with van der Waals surface area (Å²) >= 11 is 0. The number of pyridine rings is 1. The molecule has 0 amide bonds. The molecule has 0 spiro atoms. The predicted octanol–water partition coefficient (Wildman–Crippen LogP) is 2.12. The van der Waals surface area contributed by atoms with Gasteiger partial charge in [-0.3, -0.25) is 9.59 Å². The molecule has 6 heteroatoms. The van der Waals surface area contributed by atoms with E-state index in [1.165, 1.54) is 10.6 Å². The first-order valence-corrected chi connectivity index (χ1v) is 7.45. The van der Waals surface area contributed by atoms with Crippen LogP contribution in [0.2, 0.25) is 0 Å². The molecule has 6 nitrogen and oxygen atoms in total. The van der Waals surface area contributed by atoms with Gasteiger partial charge in [-0.25, -0.2) is 0 Å². The molecule has 1 N–H and O–H groups in total. The number of carbonyl (C=O) groups is 1. The fourth-order valence-electron chi connectivity index (χ4n) is 2.36. The van der Waals surface area contributed by atoms with Crippen molar-refractivity contribution in [3.8, 4) is 17.6 Å². The normalized spacial score (nSPS) is 10.2. The number of hydrogen-bond acceptors (Lipinski definition) is 5. The van der Waals surface area contributed by atoms with Gasteiger partial charge in [-0.15, -0.1) is 0 Å². The van der Waals surface area contributed by atoms with E-state index >= 15 is 0 Å². The van der Waals surface area contributed by atoms with Gasteiger partial charge in [0.15, 0.2) is 12.4 Å². The molecule has 2 rings (SSSR count). The van der Waals surface area contributed by atoms with Crippen LogP contribution in [0.15, 0.2) is 35.1 Å². The van der Waals surface area contributed by atoms with Gasteiger partial charge in [-0.1, -0.05) is 12.1 Å². The Morgan fingerprint density at radius 3 is 2.83 bits per heavy atom. The third-order valence-electron chi connectivity index (χ3n) is 3.77. The molecule has 1 heterocycles. The lowest BCUT2D eigenvalue weighted by Crippen LogP contribution is -2.26. The van der Waals surface area contributed by atoms with Crippen molar-refractivity contribution in [2.75, 3.05) is 6.61 Å². The van der Waals surface area contributed by atoms with Gasteiger partial charge in [0.1, 0.15) is 23.1 Å². The van der Waals surface area contributed by atoms with E-state index in [-0.39, 0.29) is 24.3 Å². The van der Waals surface area contributed by atoms with Crippen LogP contribution in [0.1, 0.15) is 28.0 Å². The minimum absolute atomic E-state index is 0.0460. The molecule has 0 saturated heterocycles. The van der Waals surface area contributed by atoms with E-state index in [9.17, 15) is 14.7 Å². The number of Topliss-reactive ketones (excluding diaryl/α,β-unsaturated/α-hetero) is 1. The van der Waals surface area contributed by atoms with Crippen LogP contribution in [0, 0.1) is 18.3 Å². The highest BCUT2D eigenvalue weighted by Crippen LogP contribution is 2.19. The number of aromatic hydroxyl groups is 1. The lowest BCUT2D eigenvalue weighted by atomic mass is 10.0. The van der Waals surface area contributed by atoms with Crippen LogP contribution in [-0.2, 0) is 13.5 Å². The lowest BCUT2D eigenvalue weighted by Gasteiger charge is -2.09. The van der Waals surface area contributed by atoms with E-state index in [0.29, 0.717) is 17.9 Å². The van der Waals surface area contributed by atoms with Crippen LogP contribution in [0.5, 0.6) is 11.5 Å². The second-order valence-electron chi connectivity index (χ2n) is 5.43. The molecule has 0 bridgehead atoms. The standard InChI is InChI=1S/C18H18N2O4/c1-12-10-16(22)17(18(23)20(12)2)15(21)7-6-13-4-3-5-14(11-13)24-9-8-19/h3-5,10-11,22H,6-7,9H2,1-2H3. The smallest absolute Gasteiger partial charge is 0.265 e. The zero-order chi connectivity index (χ0) is 17.7. The van der Waals surface area contributed by atoms with Gasteiger partial charge in [0.25, 0.3) is 5.56 Å². The molecule has 0 aliphatic heterocycles. The number of hydrogen-bond donors (Lipinski definition) is 1. The lowest BCUT2D eigenvalue weighted by molar-refractivity contribution is 0.0978. The second-order valence-corrected chi connectivity index (χ2v) is 5.43. The summed E-state index contributed by atoms with van der Waals surface area (Å²) in [6.45, 7) is 1.64. The molecule has 1 aromatic heterocycles. The number of carbonyl (C=O) groups excluding carboxylic acids is 1. The van der Waals surface area contributed by atoms with Crippen molar-refractivity contribution in [2.45, 2.75) is 19.8 Å². The maximum atomic E-state index is 12.3. The van der Waals surface area contributed by atoms with Gasteiger partial charge >= 0.3 is 0 Å². The first kappa shape index (κ1) is 17.3. The number of nitriles is 1. The van der Waals surface area contributed by atoms with E-state index in [4.69, 9.17) is 10.00 Å². The first-order valence-electron chi connectivity index (χ1n) is 7.45. The fraction of sp³-hybridized carbons (Fsp3) is 0.278. The topological polar surface area (TPSA) is 92.3 Å². The van der Waals surface area contributed by atoms with Crippen LogP contribution < -0.4 is 10.3 Å². The maximum absolute atomic E-state index is 12.3. The number of nitrogens with zero attached hydrogens (tertiary/aromatic N) is 2. The predicted molar refractivity (Wildman–Crippen MR) is 88.3 cm³/mol. The van der Waals surface area contributed by atoms with Crippen molar-refractivity contribution in [2.24, 2.45) is 7.05 Å². The van der Waals surface area contributed by atoms with Crippen LogP contribution in [-0.4, -0.2) is 22.1 Å². The SMILES string of the molecule is Cc1cc(O)c(C(=O)CCc2cccc(OCC#N)c2)c(=O)n1C. The minimum Gasteiger partial charge on any atom is -0.507 e. The number of rotatable bonds is 6. The monoisotopic (exact) mass is 326 g/mol. The molecule has 0 fully saturated rings. The highest BCUT2D eigenvalue weighted by molar-refractivity contribution is 5.98. The molecule has 0 aliphatic carbocycles. The molecule has 0 atom stereocenters. The number of aromatic nitrogens is 1. The highest BCUT2D eigenvalue weighted by Gasteiger charge is 2.18. The summed E-state index contributed by atoms with van der Waals surface area (Å²) in [6.07, 6.45) is 0.493. The van der Waals surface area contributed by atoms with Crippen LogP contribution in [0.3, 0.4) is 0 Å². The largest absolute Gasteiger partial charge is 0.507 e. The zero-order valence-corrected chi connectivity index (χ0v) is 13.6. The molecular weight excluding hydrogens is 308 g/mol. The molecule has 2 aromatic rings. The van der Waals surface area contributed by atoms with Gasteiger partial charge in [-0.2, -0.15) is 5.26 Å². The van der Waals surface area contributed by atoms with Crippen LogP contribution in [0.4, 0.5) is 0 Å². The number of ether oxygens (including phenoxy) is 1. The fourth-order valence-corrected chi connectivity index (χ4v) is 2.36. The van der Waals surface area contributed by atoms with Crippen LogP contribution in [0.25, 0.3) is 0 Å². The maximum Gasteiger partial charge on any atom is 0.265 e. The van der Waals surface area contributed by atoms with Gasteiger partial charge in [0.05, 0.1) is 0 Å². The van der Waals surface area contributed by atoms with E-state index in [1.54, 1.807) is 32.2 Å². The molecule has 0 unspecified atom stereocenters. The highest BCUT2D eigenvalue weighted by atomic mass is 16.5. The third-order valence-corrected chi connectivity index (χ3v) is 3.77. The van der Waals surface area contributed by atoms with Crippen molar-refractivity contribution in [1.29, 1.82) is 5.26 Å². The van der Waals surface area contributed by atoms with Crippen molar-refractivity contribution >= 4 is 5.78 Å². The Bertz CT molecular complexity index is 862.